The van der Waals surface area contributed by atoms with E-state index in [1.807, 2.05) is 12.3 Å². The van der Waals surface area contributed by atoms with Crippen LogP contribution in [-0.4, -0.2) is 30.8 Å². The molecular weight excluding hydrogens is 272 g/mol. The molecule has 100 valence electrons. The molecule has 1 amide bonds. The van der Waals surface area contributed by atoms with Crippen molar-refractivity contribution < 1.29 is 13.2 Å². The molecule has 1 aliphatic heterocycles. The smallest absolute Gasteiger partial charge is 0.224 e. The second-order valence-electron chi connectivity index (χ2n) is 4.40. The van der Waals surface area contributed by atoms with Crippen LogP contribution in [0.1, 0.15) is 24.0 Å². The molecule has 0 spiro atoms. The van der Waals surface area contributed by atoms with E-state index in [0.717, 1.165) is 17.1 Å². The quantitative estimate of drug-likeness (QED) is 0.887. The monoisotopic (exact) mass is 288 g/mol. The number of aromatic nitrogens is 1. The van der Waals surface area contributed by atoms with Gasteiger partial charge in [-0.1, -0.05) is 6.92 Å². The van der Waals surface area contributed by atoms with Crippen molar-refractivity contribution in [3.63, 3.8) is 0 Å². The lowest BCUT2D eigenvalue weighted by molar-refractivity contribution is -0.124. The van der Waals surface area contributed by atoms with Crippen molar-refractivity contribution in [1.82, 2.24) is 10.3 Å². The molecule has 1 aromatic rings. The number of amides is 1. The van der Waals surface area contributed by atoms with Gasteiger partial charge in [0, 0.05) is 5.38 Å². The molecule has 2 rings (SSSR count). The second kappa shape index (κ2) is 5.36. The van der Waals surface area contributed by atoms with E-state index in [1.54, 1.807) is 0 Å². The third kappa shape index (κ3) is 3.29. The molecule has 1 atom stereocenters. The molecule has 1 aliphatic rings. The third-order valence-electron chi connectivity index (χ3n) is 2.98. The van der Waals surface area contributed by atoms with E-state index in [9.17, 15) is 13.2 Å². The van der Waals surface area contributed by atoms with Gasteiger partial charge in [0.2, 0.25) is 5.91 Å². The number of thiazole rings is 1. The number of sulfone groups is 1. The summed E-state index contributed by atoms with van der Waals surface area (Å²) >= 11 is 1.51. The molecule has 1 unspecified atom stereocenters. The standard InChI is InChI=1S/C11H16N2O3S2/c1-2-9-6-17-10(13-9)5-12-11(14)8-3-4-18(15,16)7-8/h6,8H,2-5,7H2,1H3,(H,12,14). The van der Waals surface area contributed by atoms with Crippen LogP contribution in [-0.2, 0) is 27.6 Å². The number of carbonyl (C=O) groups excluding carboxylic acids is 1. The molecule has 0 aromatic carbocycles. The van der Waals surface area contributed by atoms with Gasteiger partial charge in [0.15, 0.2) is 9.84 Å². The Balaban J connectivity index is 1.85. The first-order valence-corrected chi connectivity index (χ1v) is 8.61. The summed E-state index contributed by atoms with van der Waals surface area (Å²) in [5.41, 5.74) is 1.02. The zero-order valence-corrected chi connectivity index (χ0v) is 11.8. The molecule has 7 heteroatoms. The molecule has 2 heterocycles. The molecule has 1 N–H and O–H groups in total. The van der Waals surface area contributed by atoms with Crippen LogP contribution in [0.15, 0.2) is 5.38 Å². The summed E-state index contributed by atoms with van der Waals surface area (Å²) in [6.07, 6.45) is 1.32. The van der Waals surface area contributed by atoms with E-state index in [0.29, 0.717) is 13.0 Å². The van der Waals surface area contributed by atoms with Crippen LogP contribution in [0.5, 0.6) is 0 Å². The highest BCUT2D eigenvalue weighted by Gasteiger charge is 2.32. The van der Waals surface area contributed by atoms with E-state index < -0.39 is 9.84 Å². The normalized spacial score (nSPS) is 21.9. The molecular formula is C11H16N2O3S2. The molecule has 1 fully saturated rings. The number of carbonyl (C=O) groups is 1. The Labute approximate surface area is 111 Å². The lowest BCUT2D eigenvalue weighted by atomic mass is 10.1. The molecule has 18 heavy (non-hydrogen) atoms. The number of rotatable bonds is 4. The predicted octanol–water partition coefficient (Wildman–Crippen LogP) is 0.756. The highest BCUT2D eigenvalue weighted by atomic mass is 32.2. The van der Waals surface area contributed by atoms with Gasteiger partial charge in [0.1, 0.15) is 5.01 Å². The Morgan fingerprint density at radius 3 is 2.94 bits per heavy atom. The second-order valence-corrected chi connectivity index (χ2v) is 7.58. The van der Waals surface area contributed by atoms with Gasteiger partial charge < -0.3 is 5.32 Å². The summed E-state index contributed by atoms with van der Waals surface area (Å²) in [7, 11) is -3.00. The number of aryl methyl sites for hydroxylation is 1. The first-order chi connectivity index (χ1) is 8.50. The summed E-state index contributed by atoms with van der Waals surface area (Å²) in [4.78, 5) is 16.1. The fourth-order valence-electron chi connectivity index (χ4n) is 1.90. The van der Waals surface area contributed by atoms with Crippen molar-refractivity contribution in [2.24, 2.45) is 5.92 Å². The van der Waals surface area contributed by atoms with Crippen molar-refractivity contribution in [3.8, 4) is 0 Å². The summed E-state index contributed by atoms with van der Waals surface area (Å²) in [6.45, 7) is 2.42. The van der Waals surface area contributed by atoms with E-state index in [-0.39, 0.29) is 23.3 Å². The Morgan fingerprint density at radius 2 is 2.39 bits per heavy atom. The molecule has 0 bridgehead atoms. The van der Waals surface area contributed by atoms with E-state index in [4.69, 9.17) is 0 Å². The lowest BCUT2D eigenvalue weighted by Crippen LogP contribution is -2.30. The van der Waals surface area contributed by atoms with Crippen molar-refractivity contribution >= 4 is 27.1 Å². The number of hydrogen-bond donors (Lipinski definition) is 1. The van der Waals surface area contributed by atoms with Crippen LogP contribution < -0.4 is 5.32 Å². The van der Waals surface area contributed by atoms with Crippen LogP contribution in [0.4, 0.5) is 0 Å². The first-order valence-electron chi connectivity index (χ1n) is 5.91. The van der Waals surface area contributed by atoms with Gasteiger partial charge in [0.05, 0.1) is 29.7 Å². The Morgan fingerprint density at radius 1 is 1.61 bits per heavy atom. The predicted molar refractivity (Wildman–Crippen MR) is 70.1 cm³/mol. The van der Waals surface area contributed by atoms with Crippen LogP contribution in [0, 0.1) is 5.92 Å². The fourth-order valence-corrected chi connectivity index (χ4v) is 4.46. The van der Waals surface area contributed by atoms with Crippen LogP contribution >= 0.6 is 11.3 Å². The van der Waals surface area contributed by atoms with Gasteiger partial charge in [-0.3, -0.25) is 4.79 Å². The largest absolute Gasteiger partial charge is 0.349 e. The summed E-state index contributed by atoms with van der Waals surface area (Å²) in [5, 5.41) is 5.60. The van der Waals surface area contributed by atoms with Crippen molar-refractivity contribution in [1.29, 1.82) is 0 Å². The summed E-state index contributed by atoms with van der Waals surface area (Å²) in [6, 6.07) is 0. The first kappa shape index (κ1) is 13.5. The molecule has 5 nitrogen and oxygen atoms in total. The van der Waals surface area contributed by atoms with Gasteiger partial charge >= 0.3 is 0 Å². The molecule has 0 radical (unpaired) electrons. The minimum atomic E-state index is -3.00. The van der Waals surface area contributed by atoms with Gasteiger partial charge in [-0.15, -0.1) is 11.3 Å². The molecule has 0 aliphatic carbocycles. The minimum Gasteiger partial charge on any atom is -0.349 e. The maximum absolute atomic E-state index is 11.8. The Hall–Kier alpha value is -0.950. The summed E-state index contributed by atoms with van der Waals surface area (Å²) < 4.78 is 22.5. The van der Waals surface area contributed by atoms with Gasteiger partial charge in [-0.05, 0) is 12.8 Å². The average molecular weight is 288 g/mol. The van der Waals surface area contributed by atoms with Gasteiger partial charge in [-0.2, -0.15) is 0 Å². The number of hydrogen-bond acceptors (Lipinski definition) is 5. The SMILES string of the molecule is CCc1csc(CNC(=O)C2CCS(=O)(=O)C2)n1. The third-order valence-corrected chi connectivity index (χ3v) is 5.64. The highest BCUT2D eigenvalue weighted by molar-refractivity contribution is 7.91. The van der Waals surface area contributed by atoms with Crippen LogP contribution in [0.25, 0.3) is 0 Å². The van der Waals surface area contributed by atoms with E-state index in [2.05, 4.69) is 10.3 Å². The Kier molecular flexibility index (Phi) is 4.01. The zero-order valence-electron chi connectivity index (χ0n) is 10.2. The minimum absolute atomic E-state index is 0.0170. The molecule has 1 saturated heterocycles. The highest BCUT2D eigenvalue weighted by Crippen LogP contribution is 2.18. The molecule has 1 aromatic heterocycles. The maximum atomic E-state index is 11.8. The molecule has 0 saturated carbocycles. The van der Waals surface area contributed by atoms with Crippen molar-refractivity contribution in [3.05, 3.63) is 16.1 Å². The van der Waals surface area contributed by atoms with Gasteiger partial charge in [-0.25, -0.2) is 13.4 Å². The van der Waals surface area contributed by atoms with Crippen molar-refractivity contribution in [2.45, 2.75) is 26.3 Å². The van der Waals surface area contributed by atoms with Crippen LogP contribution in [0.2, 0.25) is 0 Å². The van der Waals surface area contributed by atoms with Gasteiger partial charge in [0.25, 0.3) is 0 Å². The lowest BCUT2D eigenvalue weighted by Gasteiger charge is -2.07. The van der Waals surface area contributed by atoms with Crippen LogP contribution in [0.3, 0.4) is 0 Å². The van der Waals surface area contributed by atoms with Crippen molar-refractivity contribution in [2.75, 3.05) is 11.5 Å². The Bertz CT molecular complexity index is 536. The summed E-state index contributed by atoms with van der Waals surface area (Å²) in [5.74, 6) is -0.455. The maximum Gasteiger partial charge on any atom is 0.224 e. The fraction of sp³-hybridized carbons (Fsp3) is 0.636. The number of nitrogens with zero attached hydrogens (tertiary/aromatic N) is 1. The van der Waals surface area contributed by atoms with E-state index in [1.165, 1.54) is 11.3 Å². The number of nitrogens with one attached hydrogen (secondary N) is 1. The average Bonchev–Trinajstić information content (AvgIpc) is 2.92. The zero-order chi connectivity index (χ0) is 13.2. The topological polar surface area (TPSA) is 76.1 Å². The van der Waals surface area contributed by atoms with E-state index >= 15 is 0 Å².